The first-order valence-corrected chi connectivity index (χ1v) is 6.28. The van der Waals surface area contributed by atoms with Crippen LogP contribution in [-0.2, 0) is 6.42 Å². The summed E-state index contributed by atoms with van der Waals surface area (Å²) in [4.78, 5) is 16.7. The van der Waals surface area contributed by atoms with Gasteiger partial charge in [-0.1, -0.05) is 30.3 Å². The highest BCUT2D eigenvalue weighted by atomic mass is 16.1. The van der Waals surface area contributed by atoms with E-state index in [1.807, 2.05) is 37.3 Å². The Hall–Kier alpha value is -1.96. The van der Waals surface area contributed by atoms with E-state index in [1.54, 1.807) is 0 Å². The fraction of sp³-hybridized carbons (Fsp3) is 0.250. The van der Waals surface area contributed by atoms with Crippen LogP contribution >= 0.6 is 0 Å². The number of hydrogen-bond donors (Lipinski definition) is 0. The summed E-state index contributed by atoms with van der Waals surface area (Å²) in [5.41, 5.74) is 3.99. The number of carbonyl (C=O) groups is 1. The minimum atomic E-state index is 0.220. The van der Waals surface area contributed by atoms with Gasteiger partial charge in [-0.15, -0.1) is 0 Å². The van der Waals surface area contributed by atoms with E-state index in [0.717, 1.165) is 23.4 Å². The summed E-state index contributed by atoms with van der Waals surface area (Å²) in [5.74, 6) is 0.498. The lowest BCUT2D eigenvalue weighted by Crippen LogP contribution is -2.20. The first-order valence-electron chi connectivity index (χ1n) is 6.28. The number of fused-ring (bicyclic) bond motifs is 1. The lowest BCUT2D eigenvalue weighted by molar-refractivity contribution is 0.0963. The van der Waals surface area contributed by atoms with Crippen LogP contribution in [0.5, 0.6) is 0 Å². The minimum Gasteiger partial charge on any atom is -0.294 e. The third-order valence-electron chi connectivity index (χ3n) is 3.56. The summed E-state index contributed by atoms with van der Waals surface area (Å²) >= 11 is 0. The number of pyridine rings is 1. The van der Waals surface area contributed by atoms with Crippen molar-refractivity contribution in [2.45, 2.75) is 25.7 Å². The molecule has 3 rings (SSSR count). The number of Topliss-reactive ketones (excluding diaryl/α,β-unsaturated/α-hetero) is 1. The first-order chi connectivity index (χ1) is 8.74. The average Bonchev–Trinajstić information content (AvgIpc) is 2.39. The molecule has 0 radical (unpaired) electrons. The Morgan fingerprint density at radius 2 is 1.83 bits per heavy atom. The smallest absolute Gasteiger partial charge is 0.165 e. The number of nitrogens with zero attached hydrogens (tertiary/aromatic N) is 1. The molecule has 1 atom stereocenters. The summed E-state index contributed by atoms with van der Waals surface area (Å²) < 4.78 is 0. The average molecular weight is 237 g/mol. The van der Waals surface area contributed by atoms with E-state index in [0.29, 0.717) is 6.42 Å². The van der Waals surface area contributed by atoms with Crippen molar-refractivity contribution in [1.82, 2.24) is 4.98 Å². The molecule has 1 aromatic carbocycles. The monoisotopic (exact) mass is 237 g/mol. The van der Waals surface area contributed by atoms with Crippen LogP contribution in [0.2, 0.25) is 0 Å². The van der Waals surface area contributed by atoms with Gasteiger partial charge in [0.25, 0.3) is 0 Å². The van der Waals surface area contributed by atoms with Gasteiger partial charge in [0, 0.05) is 17.7 Å². The van der Waals surface area contributed by atoms with Crippen LogP contribution in [0, 0.1) is 6.92 Å². The molecule has 0 fully saturated rings. The van der Waals surface area contributed by atoms with Crippen molar-refractivity contribution in [2.24, 2.45) is 0 Å². The normalized spacial score (nSPS) is 18.5. The Bertz CT molecular complexity index is 589. The van der Waals surface area contributed by atoms with Crippen molar-refractivity contribution < 1.29 is 4.79 Å². The number of carbonyl (C=O) groups excluding carboxylic acids is 1. The maximum atomic E-state index is 12.1. The van der Waals surface area contributed by atoms with Crippen LogP contribution < -0.4 is 0 Å². The second-order valence-corrected chi connectivity index (χ2v) is 4.89. The predicted molar refractivity (Wildman–Crippen MR) is 70.8 cm³/mol. The number of rotatable bonds is 1. The van der Waals surface area contributed by atoms with Gasteiger partial charge in [0.2, 0.25) is 0 Å². The van der Waals surface area contributed by atoms with Gasteiger partial charge in [0.05, 0.1) is 5.69 Å². The van der Waals surface area contributed by atoms with Crippen molar-refractivity contribution in [3.05, 3.63) is 65.0 Å². The second-order valence-electron chi connectivity index (χ2n) is 4.89. The summed E-state index contributed by atoms with van der Waals surface area (Å²) in [6.45, 7) is 1.97. The van der Waals surface area contributed by atoms with E-state index in [9.17, 15) is 4.79 Å². The molecule has 0 aliphatic heterocycles. The van der Waals surface area contributed by atoms with Crippen LogP contribution in [0.1, 0.15) is 39.6 Å². The van der Waals surface area contributed by atoms with Crippen LogP contribution in [0.3, 0.4) is 0 Å². The molecule has 1 aromatic heterocycles. The molecule has 0 saturated heterocycles. The second kappa shape index (κ2) is 4.37. The maximum Gasteiger partial charge on any atom is 0.165 e. The van der Waals surface area contributed by atoms with Crippen LogP contribution in [0.4, 0.5) is 0 Å². The molecule has 0 amide bonds. The molecule has 1 aliphatic rings. The summed E-state index contributed by atoms with van der Waals surface area (Å²) in [6.07, 6.45) is 1.47. The molecule has 18 heavy (non-hydrogen) atoms. The van der Waals surface area contributed by atoms with Gasteiger partial charge in [-0.2, -0.15) is 0 Å². The lowest BCUT2D eigenvalue weighted by Gasteiger charge is -2.23. The van der Waals surface area contributed by atoms with Gasteiger partial charge in [0.15, 0.2) is 5.78 Å². The van der Waals surface area contributed by atoms with Gasteiger partial charge < -0.3 is 0 Å². The molecular formula is C16H15NO. The SMILES string of the molecule is Cc1ccc2c(n1)CC(c1ccccc1)CC2=O. The molecule has 1 unspecified atom stereocenters. The predicted octanol–water partition coefficient (Wildman–Crippen LogP) is 3.30. The van der Waals surface area contributed by atoms with Crippen LogP contribution in [0.25, 0.3) is 0 Å². The van der Waals surface area contributed by atoms with E-state index in [-0.39, 0.29) is 11.7 Å². The van der Waals surface area contributed by atoms with Gasteiger partial charge in [0.1, 0.15) is 0 Å². The van der Waals surface area contributed by atoms with Crippen molar-refractivity contribution in [3.63, 3.8) is 0 Å². The molecule has 90 valence electrons. The Balaban J connectivity index is 1.98. The third kappa shape index (κ3) is 1.94. The first kappa shape index (κ1) is 11.1. The molecular weight excluding hydrogens is 222 g/mol. The summed E-state index contributed by atoms with van der Waals surface area (Å²) in [6, 6.07) is 14.1. The zero-order valence-electron chi connectivity index (χ0n) is 10.4. The standard InChI is InChI=1S/C16H15NO/c1-11-7-8-14-15(17-11)9-13(10-16(14)18)12-5-3-2-4-6-12/h2-8,13H,9-10H2,1H3. The third-order valence-corrected chi connectivity index (χ3v) is 3.56. The van der Waals surface area contributed by atoms with E-state index in [4.69, 9.17) is 0 Å². The number of aromatic nitrogens is 1. The fourth-order valence-electron chi connectivity index (χ4n) is 2.62. The van der Waals surface area contributed by atoms with E-state index in [2.05, 4.69) is 17.1 Å². The topological polar surface area (TPSA) is 30.0 Å². The highest BCUT2D eigenvalue weighted by molar-refractivity contribution is 5.98. The minimum absolute atomic E-state index is 0.220. The molecule has 0 bridgehead atoms. The van der Waals surface area contributed by atoms with Gasteiger partial charge in [-0.05, 0) is 37.0 Å². The Kier molecular flexibility index (Phi) is 2.71. The zero-order valence-corrected chi connectivity index (χ0v) is 10.4. The highest BCUT2D eigenvalue weighted by Crippen LogP contribution is 2.31. The van der Waals surface area contributed by atoms with E-state index >= 15 is 0 Å². The Morgan fingerprint density at radius 3 is 2.61 bits per heavy atom. The molecule has 0 saturated carbocycles. The Morgan fingerprint density at radius 1 is 1.06 bits per heavy atom. The largest absolute Gasteiger partial charge is 0.294 e. The van der Waals surface area contributed by atoms with Gasteiger partial charge >= 0.3 is 0 Å². The molecule has 2 nitrogen and oxygen atoms in total. The Labute approximate surface area is 107 Å². The lowest BCUT2D eigenvalue weighted by atomic mass is 9.81. The van der Waals surface area contributed by atoms with Crippen LogP contribution in [-0.4, -0.2) is 10.8 Å². The number of benzene rings is 1. The van der Waals surface area contributed by atoms with Gasteiger partial charge in [-0.25, -0.2) is 0 Å². The highest BCUT2D eigenvalue weighted by Gasteiger charge is 2.26. The molecule has 0 N–H and O–H groups in total. The molecule has 1 heterocycles. The van der Waals surface area contributed by atoms with Crippen LogP contribution in [0.15, 0.2) is 42.5 Å². The van der Waals surface area contributed by atoms with Crippen molar-refractivity contribution in [1.29, 1.82) is 0 Å². The molecule has 2 heteroatoms. The summed E-state index contributed by atoms with van der Waals surface area (Å²) in [5, 5.41) is 0. The molecule has 0 spiro atoms. The fourth-order valence-corrected chi connectivity index (χ4v) is 2.62. The zero-order chi connectivity index (χ0) is 12.5. The summed E-state index contributed by atoms with van der Waals surface area (Å²) in [7, 11) is 0. The maximum absolute atomic E-state index is 12.1. The number of aryl methyl sites for hydroxylation is 1. The van der Waals surface area contributed by atoms with Crippen molar-refractivity contribution >= 4 is 5.78 Å². The quantitative estimate of drug-likeness (QED) is 0.761. The van der Waals surface area contributed by atoms with E-state index in [1.165, 1.54) is 5.56 Å². The molecule has 2 aromatic rings. The van der Waals surface area contributed by atoms with E-state index < -0.39 is 0 Å². The van der Waals surface area contributed by atoms with Gasteiger partial charge in [-0.3, -0.25) is 9.78 Å². The van der Waals surface area contributed by atoms with Crippen molar-refractivity contribution in [3.8, 4) is 0 Å². The number of hydrogen-bond acceptors (Lipinski definition) is 2. The molecule has 1 aliphatic carbocycles. The van der Waals surface area contributed by atoms with Crippen molar-refractivity contribution in [2.75, 3.05) is 0 Å². The number of ketones is 1.